The van der Waals surface area contributed by atoms with Crippen molar-refractivity contribution < 1.29 is 9.90 Å². The SMILES string of the molecule is O=C(c1cnccn1)N(CCO)Cc1ccccc1. The highest BCUT2D eigenvalue weighted by Crippen LogP contribution is 2.07. The second-order valence-electron chi connectivity index (χ2n) is 4.03. The average Bonchev–Trinajstić information content (AvgIpc) is 2.48. The number of carbonyl (C=O) groups is 1. The zero-order chi connectivity index (χ0) is 13.5. The second-order valence-corrected chi connectivity index (χ2v) is 4.03. The van der Waals surface area contributed by atoms with E-state index in [2.05, 4.69) is 9.97 Å². The number of hydrogen-bond acceptors (Lipinski definition) is 4. The molecule has 0 saturated carbocycles. The normalized spacial score (nSPS) is 10.2. The molecule has 0 atom stereocenters. The van der Waals surface area contributed by atoms with Crippen molar-refractivity contribution in [3.63, 3.8) is 0 Å². The summed E-state index contributed by atoms with van der Waals surface area (Å²) in [5, 5.41) is 9.08. The zero-order valence-corrected chi connectivity index (χ0v) is 10.4. The Morgan fingerprint density at radius 2 is 2.00 bits per heavy atom. The number of aliphatic hydroxyl groups is 1. The Balaban J connectivity index is 2.14. The fraction of sp³-hybridized carbons (Fsp3) is 0.214. The van der Waals surface area contributed by atoms with Gasteiger partial charge in [-0.2, -0.15) is 0 Å². The third kappa shape index (κ3) is 3.59. The van der Waals surface area contributed by atoms with Gasteiger partial charge in [-0.15, -0.1) is 0 Å². The molecular weight excluding hydrogens is 242 g/mol. The maximum atomic E-state index is 12.3. The highest BCUT2D eigenvalue weighted by molar-refractivity contribution is 5.91. The van der Waals surface area contributed by atoms with Crippen molar-refractivity contribution in [2.45, 2.75) is 6.54 Å². The number of amides is 1. The van der Waals surface area contributed by atoms with Crippen LogP contribution in [0.25, 0.3) is 0 Å². The summed E-state index contributed by atoms with van der Waals surface area (Å²) < 4.78 is 0. The Morgan fingerprint density at radius 1 is 1.21 bits per heavy atom. The third-order valence-corrected chi connectivity index (χ3v) is 2.66. The first kappa shape index (κ1) is 13.2. The molecule has 5 nitrogen and oxygen atoms in total. The molecule has 1 aromatic carbocycles. The van der Waals surface area contributed by atoms with Crippen molar-refractivity contribution in [2.75, 3.05) is 13.2 Å². The van der Waals surface area contributed by atoms with E-state index in [1.54, 1.807) is 4.90 Å². The van der Waals surface area contributed by atoms with E-state index in [4.69, 9.17) is 5.11 Å². The lowest BCUT2D eigenvalue weighted by atomic mass is 10.2. The number of rotatable bonds is 5. The highest BCUT2D eigenvalue weighted by atomic mass is 16.3. The minimum Gasteiger partial charge on any atom is -0.395 e. The molecule has 0 spiro atoms. The predicted octanol–water partition coefficient (Wildman–Crippen LogP) is 1.11. The van der Waals surface area contributed by atoms with Crippen LogP contribution in [0.4, 0.5) is 0 Å². The first-order valence-electron chi connectivity index (χ1n) is 6.01. The average molecular weight is 257 g/mol. The third-order valence-electron chi connectivity index (χ3n) is 2.66. The Hall–Kier alpha value is -2.27. The summed E-state index contributed by atoms with van der Waals surface area (Å²) in [6.45, 7) is 0.625. The van der Waals surface area contributed by atoms with E-state index in [9.17, 15) is 4.79 Å². The number of hydrogen-bond donors (Lipinski definition) is 1. The summed E-state index contributed by atoms with van der Waals surface area (Å²) in [5.74, 6) is -0.231. The van der Waals surface area contributed by atoms with Gasteiger partial charge in [0.1, 0.15) is 5.69 Å². The topological polar surface area (TPSA) is 66.3 Å². The molecule has 0 unspecified atom stereocenters. The summed E-state index contributed by atoms with van der Waals surface area (Å²) in [4.78, 5) is 21.7. The number of aliphatic hydroxyl groups excluding tert-OH is 1. The van der Waals surface area contributed by atoms with Crippen molar-refractivity contribution >= 4 is 5.91 Å². The van der Waals surface area contributed by atoms with Crippen molar-refractivity contribution in [3.8, 4) is 0 Å². The van der Waals surface area contributed by atoms with Gasteiger partial charge in [-0.05, 0) is 5.56 Å². The molecule has 1 N–H and O–H groups in total. The lowest BCUT2D eigenvalue weighted by Crippen LogP contribution is -2.33. The van der Waals surface area contributed by atoms with Crippen molar-refractivity contribution in [3.05, 3.63) is 60.2 Å². The molecule has 0 aliphatic carbocycles. The van der Waals surface area contributed by atoms with E-state index in [0.717, 1.165) is 5.56 Å². The molecule has 0 radical (unpaired) electrons. The predicted molar refractivity (Wildman–Crippen MR) is 70.3 cm³/mol. The zero-order valence-electron chi connectivity index (χ0n) is 10.4. The minimum atomic E-state index is -0.231. The van der Waals surface area contributed by atoms with Crippen LogP contribution >= 0.6 is 0 Å². The molecule has 5 heteroatoms. The summed E-state index contributed by atoms with van der Waals surface area (Å²) in [5.41, 5.74) is 1.29. The maximum absolute atomic E-state index is 12.3. The van der Waals surface area contributed by atoms with Crippen molar-refractivity contribution in [2.24, 2.45) is 0 Å². The standard InChI is InChI=1S/C14H15N3O2/c18-9-8-17(11-12-4-2-1-3-5-12)14(19)13-10-15-6-7-16-13/h1-7,10,18H,8-9,11H2. The molecule has 98 valence electrons. The first-order valence-corrected chi connectivity index (χ1v) is 6.01. The van der Waals surface area contributed by atoms with E-state index in [1.807, 2.05) is 30.3 Å². The fourth-order valence-corrected chi connectivity index (χ4v) is 1.75. The molecule has 0 aliphatic rings. The van der Waals surface area contributed by atoms with Gasteiger partial charge in [0.05, 0.1) is 12.8 Å². The quantitative estimate of drug-likeness (QED) is 0.871. The Bertz CT molecular complexity index is 517. The van der Waals surface area contributed by atoms with E-state index >= 15 is 0 Å². The number of carbonyl (C=O) groups excluding carboxylic acids is 1. The molecule has 1 aromatic heterocycles. The molecule has 2 aromatic rings. The van der Waals surface area contributed by atoms with Crippen molar-refractivity contribution in [1.82, 2.24) is 14.9 Å². The van der Waals surface area contributed by atoms with Crippen LogP contribution in [0.5, 0.6) is 0 Å². The summed E-state index contributed by atoms with van der Waals surface area (Å²) in [6, 6.07) is 9.63. The highest BCUT2D eigenvalue weighted by Gasteiger charge is 2.16. The van der Waals surface area contributed by atoms with Crippen LogP contribution in [0.15, 0.2) is 48.9 Å². The van der Waals surface area contributed by atoms with E-state index < -0.39 is 0 Å². The largest absolute Gasteiger partial charge is 0.395 e. The van der Waals surface area contributed by atoms with E-state index in [-0.39, 0.29) is 24.8 Å². The second kappa shape index (κ2) is 6.61. The molecule has 0 fully saturated rings. The molecule has 0 aliphatic heterocycles. The van der Waals surface area contributed by atoms with Gasteiger partial charge in [0.25, 0.3) is 5.91 Å². The summed E-state index contributed by atoms with van der Waals surface area (Å²) in [7, 11) is 0. The van der Waals surface area contributed by atoms with Gasteiger partial charge in [-0.3, -0.25) is 9.78 Å². The molecule has 0 bridgehead atoms. The van der Waals surface area contributed by atoms with Gasteiger partial charge in [-0.1, -0.05) is 30.3 Å². The summed E-state index contributed by atoms with van der Waals surface area (Å²) >= 11 is 0. The van der Waals surface area contributed by atoms with Crippen molar-refractivity contribution in [1.29, 1.82) is 0 Å². The fourth-order valence-electron chi connectivity index (χ4n) is 1.75. The van der Waals surface area contributed by atoms with Crippen LogP contribution in [0, 0.1) is 0 Å². The number of aromatic nitrogens is 2. The smallest absolute Gasteiger partial charge is 0.274 e. The maximum Gasteiger partial charge on any atom is 0.274 e. The van der Waals surface area contributed by atoms with Gasteiger partial charge < -0.3 is 10.0 Å². The lowest BCUT2D eigenvalue weighted by Gasteiger charge is -2.21. The molecular formula is C14H15N3O2. The Morgan fingerprint density at radius 3 is 2.63 bits per heavy atom. The van der Waals surface area contributed by atoms with Gasteiger partial charge in [-0.25, -0.2) is 4.98 Å². The van der Waals surface area contributed by atoms with Gasteiger partial charge in [0.2, 0.25) is 0 Å². The van der Waals surface area contributed by atoms with Gasteiger partial charge in [0, 0.05) is 25.5 Å². The van der Waals surface area contributed by atoms with Crippen LogP contribution in [0.3, 0.4) is 0 Å². The van der Waals surface area contributed by atoms with Gasteiger partial charge >= 0.3 is 0 Å². The van der Waals surface area contributed by atoms with Crippen LogP contribution in [-0.4, -0.2) is 39.0 Å². The van der Waals surface area contributed by atoms with Crippen LogP contribution < -0.4 is 0 Å². The van der Waals surface area contributed by atoms with E-state index in [1.165, 1.54) is 18.6 Å². The Labute approximate surface area is 111 Å². The minimum absolute atomic E-state index is 0.0845. The molecule has 1 heterocycles. The van der Waals surface area contributed by atoms with Crippen LogP contribution in [-0.2, 0) is 6.54 Å². The number of benzene rings is 1. The summed E-state index contributed by atoms with van der Waals surface area (Å²) in [6.07, 6.45) is 4.43. The van der Waals surface area contributed by atoms with Crippen LogP contribution in [0.2, 0.25) is 0 Å². The number of nitrogens with zero attached hydrogens (tertiary/aromatic N) is 3. The Kier molecular flexibility index (Phi) is 4.58. The van der Waals surface area contributed by atoms with Crippen LogP contribution in [0.1, 0.15) is 16.1 Å². The lowest BCUT2D eigenvalue weighted by molar-refractivity contribution is 0.0701. The van der Waals surface area contributed by atoms with Gasteiger partial charge in [0.15, 0.2) is 0 Å². The molecule has 0 saturated heterocycles. The van der Waals surface area contributed by atoms with E-state index in [0.29, 0.717) is 6.54 Å². The monoisotopic (exact) mass is 257 g/mol. The molecule has 2 rings (SSSR count). The molecule has 1 amide bonds. The molecule has 19 heavy (non-hydrogen) atoms. The first-order chi connectivity index (χ1) is 9.31.